The van der Waals surface area contributed by atoms with E-state index in [1.165, 1.54) is 5.39 Å². The highest BCUT2D eigenvalue weighted by atomic mass is 15.2. The molecule has 0 aliphatic carbocycles. The van der Waals surface area contributed by atoms with E-state index in [1.807, 2.05) is 12.3 Å². The predicted octanol–water partition coefficient (Wildman–Crippen LogP) is 1.54. The second-order valence-corrected chi connectivity index (χ2v) is 3.56. The van der Waals surface area contributed by atoms with Gasteiger partial charge in [-0.05, 0) is 24.3 Å². The Morgan fingerprint density at radius 3 is 3.13 bits per heavy atom. The fraction of sp³-hybridized carbons (Fsp3) is 0.182. The van der Waals surface area contributed by atoms with Crippen molar-refractivity contribution in [1.82, 2.24) is 10.3 Å². The van der Waals surface area contributed by atoms with E-state index in [0.29, 0.717) is 0 Å². The molecule has 0 spiro atoms. The molecule has 0 radical (unpaired) electrons. The van der Waals surface area contributed by atoms with Gasteiger partial charge in [0.25, 0.3) is 0 Å². The number of nitrogens with one attached hydrogen (secondary N) is 3. The summed E-state index contributed by atoms with van der Waals surface area (Å²) in [5, 5.41) is 7.63. The Morgan fingerprint density at radius 1 is 1.27 bits per heavy atom. The molecule has 0 saturated heterocycles. The third-order valence-corrected chi connectivity index (χ3v) is 2.49. The van der Waals surface area contributed by atoms with Gasteiger partial charge in [-0.25, -0.2) is 0 Å². The zero-order valence-electron chi connectivity index (χ0n) is 8.25. The molecule has 1 aliphatic rings. The lowest BCUT2D eigenvalue weighted by molar-refractivity contribution is 0.959. The van der Waals surface area contributed by atoms with Crippen LogP contribution in [0.4, 0.5) is 5.69 Å². The summed E-state index contributed by atoms with van der Waals surface area (Å²) in [6, 6.07) is 8.27. The molecule has 0 unspecified atom stereocenters. The van der Waals surface area contributed by atoms with Crippen molar-refractivity contribution in [3.8, 4) is 0 Å². The minimum Gasteiger partial charge on any atom is -0.361 e. The van der Waals surface area contributed by atoms with Crippen molar-refractivity contribution in [2.45, 2.75) is 0 Å². The second-order valence-electron chi connectivity index (χ2n) is 3.56. The average molecular weight is 200 g/mol. The molecule has 1 aromatic carbocycles. The maximum absolute atomic E-state index is 4.29. The van der Waals surface area contributed by atoms with E-state index in [0.717, 1.165) is 30.3 Å². The Bertz CT molecular complexity index is 512. The number of hydrogen-bond acceptors (Lipinski definition) is 3. The predicted molar refractivity (Wildman–Crippen MR) is 62.2 cm³/mol. The summed E-state index contributed by atoms with van der Waals surface area (Å²) in [5.74, 6) is 0.866. The molecule has 0 atom stereocenters. The largest absolute Gasteiger partial charge is 0.361 e. The third-order valence-electron chi connectivity index (χ3n) is 2.49. The number of guanidine groups is 1. The van der Waals surface area contributed by atoms with Crippen LogP contribution in [-0.2, 0) is 0 Å². The van der Waals surface area contributed by atoms with Crippen LogP contribution in [-0.4, -0.2) is 24.0 Å². The van der Waals surface area contributed by atoms with Gasteiger partial charge in [-0.3, -0.25) is 4.99 Å². The van der Waals surface area contributed by atoms with Gasteiger partial charge in [0.2, 0.25) is 0 Å². The molecule has 0 amide bonds. The van der Waals surface area contributed by atoms with Crippen LogP contribution in [0.5, 0.6) is 0 Å². The monoisotopic (exact) mass is 200 g/mol. The van der Waals surface area contributed by atoms with Crippen LogP contribution < -0.4 is 10.6 Å². The molecule has 4 heteroatoms. The van der Waals surface area contributed by atoms with Gasteiger partial charge in [0.15, 0.2) is 5.96 Å². The van der Waals surface area contributed by atoms with Gasteiger partial charge < -0.3 is 15.6 Å². The SMILES string of the molecule is c1cc2cc(NC3=NCCN3)ccc2[nH]1. The standard InChI is InChI=1S/C11H12N4/c1-2-10-8(3-4-12-10)7-9(1)15-11-13-5-6-14-11/h1-4,7,12H,5-6H2,(H2,13,14,15). The topological polar surface area (TPSA) is 52.2 Å². The Labute approximate surface area is 87.4 Å². The van der Waals surface area contributed by atoms with Crippen molar-refractivity contribution in [3.63, 3.8) is 0 Å². The van der Waals surface area contributed by atoms with E-state index in [4.69, 9.17) is 0 Å². The summed E-state index contributed by atoms with van der Waals surface area (Å²) in [5.41, 5.74) is 2.22. The number of hydrogen-bond donors (Lipinski definition) is 3. The number of nitrogens with zero attached hydrogens (tertiary/aromatic N) is 1. The molecule has 1 aromatic heterocycles. The van der Waals surface area contributed by atoms with Gasteiger partial charge in [-0.15, -0.1) is 0 Å². The molecule has 15 heavy (non-hydrogen) atoms. The third kappa shape index (κ3) is 1.54. The van der Waals surface area contributed by atoms with E-state index in [9.17, 15) is 0 Å². The van der Waals surface area contributed by atoms with Crippen LogP contribution in [0, 0.1) is 0 Å². The van der Waals surface area contributed by atoms with E-state index in [-0.39, 0.29) is 0 Å². The number of benzene rings is 1. The molecule has 1 aliphatic heterocycles. The number of aromatic amines is 1. The Balaban J connectivity index is 1.90. The molecule has 3 rings (SSSR count). The van der Waals surface area contributed by atoms with Crippen molar-refractivity contribution in [3.05, 3.63) is 30.5 Å². The molecule has 3 N–H and O–H groups in total. The molecule has 76 valence electrons. The number of rotatable bonds is 1. The average Bonchev–Trinajstić information content (AvgIpc) is 2.87. The highest BCUT2D eigenvalue weighted by Gasteiger charge is 2.04. The molecule has 4 nitrogen and oxygen atoms in total. The van der Waals surface area contributed by atoms with Crippen LogP contribution in [0.1, 0.15) is 0 Å². The number of anilines is 1. The first-order valence-electron chi connectivity index (χ1n) is 5.04. The summed E-state index contributed by atoms with van der Waals surface area (Å²) < 4.78 is 0. The number of aromatic nitrogens is 1. The molecule has 0 fully saturated rings. The van der Waals surface area contributed by atoms with Crippen molar-refractivity contribution in [2.75, 3.05) is 18.4 Å². The Morgan fingerprint density at radius 2 is 2.27 bits per heavy atom. The van der Waals surface area contributed by atoms with Crippen molar-refractivity contribution >= 4 is 22.5 Å². The lowest BCUT2D eigenvalue weighted by Crippen LogP contribution is -2.26. The Kier molecular flexibility index (Phi) is 1.84. The van der Waals surface area contributed by atoms with Gasteiger partial charge in [-0.2, -0.15) is 0 Å². The molecule has 0 bridgehead atoms. The minimum atomic E-state index is 0.856. The zero-order chi connectivity index (χ0) is 10.1. The summed E-state index contributed by atoms with van der Waals surface area (Å²) in [6.07, 6.45) is 1.94. The highest BCUT2D eigenvalue weighted by molar-refractivity contribution is 5.96. The summed E-state index contributed by atoms with van der Waals surface area (Å²) in [6.45, 7) is 1.78. The van der Waals surface area contributed by atoms with E-state index in [2.05, 4.69) is 38.8 Å². The molecule has 2 aromatic rings. The highest BCUT2D eigenvalue weighted by Crippen LogP contribution is 2.17. The van der Waals surface area contributed by atoms with Crippen molar-refractivity contribution < 1.29 is 0 Å². The molecule has 0 saturated carbocycles. The van der Waals surface area contributed by atoms with Gasteiger partial charge in [0.05, 0.1) is 6.54 Å². The smallest absolute Gasteiger partial charge is 0.195 e. The second kappa shape index (κ2) is 3.31. The van der Waals surface area contributed by atoms with Crippen LogP contribution in [0.25, 0.3) is 10.9 Å². The van der Waals surface area contributed by atoms with Gasteiger partial charge >= 0.3 is 0 Å². The van der Waals surface area contributed by atoms with Crippen molar-refractivity contribution in [2.24, 2.45) is 4.99 Å². The van der Waals surface area contributed by atoms with Crippen molar-refractivity contribution in [1.29, 1.82) is 0 Å². The minimum absolute atomic E-state index is 0.856. The molecule has 2 heterocycles. The van der Waals surface area contributed by atoms with E-state index >= 15 is 0 Å². The molecular weight excluding hydrogens is 188 g/mol. The number of H-pyrrole nitrogens is 1. The zero-order valence-corrected chi connectivity index (χ0v) is 8.25. The van der Waals surface area contributed by atoms with Gasteiger partial charge in [-0.1, -0.05) is 0 Å². The van der Waals surface area contributed by atoms with Crippen LogP contribution in [0.15, 0.2) is 35.5 Å². The first-order chi connectivity index (χ1) is 7.42. The lowest BCUT2D eigenvalue weighted by atomic mass is 10.2. The van der Waals surface area contributed by atoms with E-state index in [1.54, 1.807) is 0 Å². The Hall–Kier alpha value is -1.97. The quantitative estimate of drug-likeness (QED) is 0.654. The fourth-order valence-electron chi connectivity index (χ4n) is 1.75. The maximum atomic E-state index is 4.29. The maximum Gasteiger partial charge on any atom is 0.195 e. The van der Waals surface area contributed by atoms with Gasteiger partial charge in [0.1, 0.15) is 0 Å². The fourth-order valence-corrected chi connectivity index (χ4v) is 1.75. The lowest BCUT2D eigenvalue weighted by Gasteiger charge is -2.06. The van der Waals surface area contributed by atoms with Crippen LogP contribution in [0.2, 0.25) is 0 Å². The number of fused-ring (bicyclic) bond motifs is 1. The first-order valence-corrected chi connectivity index (χ1v) is 5.04. The summed E-state index contributed by atoms with van der Waals surface area (Å²) in [7, 11) is 0. The van der Waals surface area contributed by atoms with Crippen LogP contribution >= 0.6 is 0 Å². The van der Waals surface area contributed by atoms with E-state index < -0.39 is 0 Å². The van der Waals surface area contributed by atoms with Gasteiger partial charge in [0, 0.05) is 29.3 Å². The number of aliphatic imine (C=N–C) groups is 1. The first kappa shape index (κ1) is 8.35. The van der Waals surface area contributed by atoms with Crippen LogP contribution in [0.3, 0.4) is 0 Å². The normalized spacial score (nSPS) is 15.1. The summed E-state index contributed by atoms with van der Waals surface area (Å²) >= 11 is 0. The molecular formula is C11H12N4. The summed E-state index contributed by atoms with van der Waals surface area (Å²) in [4.78, 5) is 7.45.